The average Bonchev–Trinajstić information content (AvgIpc) is 3.10. The number of hydrogen-bond donors (Lipinski definition) is 1. The molecule has 2 heterocycles. The molecule has 0 saturated carbocycles. The van der Waals surface area contributed by atoms with Crippen molar-refractivity contribution in [3.05, 3.63) is 30.3 Å². The molecule has 1 N–H and O–H groups in total. The third-order valence-corrected chi connectivity index (χ3v) is 5.32. The number of nitrogens with one attached hydrogen (secondary N) is 1. The van der Waals surface area contributed by atoms with Crippen molar-refractivity contribution in [2.45, 2.75) is 45.6 Å². The monoisotopic (exact) mass is 402 g/mol. The summed E-state index contributed by atoms with van der Waals surface area (Å²) in [6.07, 6.45) is 1.72. The standard InChI is InChI=1S/C20H26N4O3S/c1-20(2,3)27-19(26)24-11-9-14(10-12-24)13-16(25)21-18-23-22-17(28-18)15-7-5-4-6-8-15/h4-8,14H,9-13H2,1-3H3,(H,21,23,25). The zero-order chi connectivity index (χ0) is 20.1. The van der Waals surface area contributed by atoms with Crippen molar-refractivity contribution in [1.29, 1.82) is 0 Å². The Kier molecular flexibility index (Phi) is 6.28. The minimum absolute atomic E-state index is 0.0634. The van der Waals surface area contributed by atoms with Gasteiger partial charge in [-0.05, 0) is 39.5 Å². The maximum Gasteiger partial charge on any atom is 0.410 e. The smallest absolute Gasteiger partial charge is 0.410 e. The second kappa shape index (κ2) is 8.68. The normalized spacial score (nSPS) is 15.3. The number of aromatic nitrogens is 2. The van der Waals surface area contributed by atoms with Gasteiger partial charge in [-0.2, -0.15) is 0 Å². The molecule has 0 aliphatic carbocycles. The summed E-state index contributed by atoms with van der Waals surface area (Å²) in [5.41, 5.74) is 0.490. The Balaban J connectivity index is 1.45. The quantitative estimate of drug-likeness (QED) is 0.829. The number of carbonyl (C=O) groups excluding carboxylic acids is 2. The molecule has 1 aromatic carbocycles. The van der Waals surface area contributed by atoms with Crippen molar-refractivity contribution in [3.63, 3.8) is 0 Å². The number of rotatable bonds is 4. The number of hydrogen-bond acceptors (Lipinski definition) is 6. The lowest BCUT2D eigenvalue weighted by Crippen LogP contribution is -2.42. The van der Waals surface area contributed by atoms with E-state index >= 15 is 0 Å². The van der Waals surface area contributed by atoms with Crippen molar-refractivity contribution < 1.29 is 14.3 Å². The van der Waals surface area contributed by atoms with Gasteiger partial charge < -0.3 is 15.0 Å². The number of amides is 2. The summed E-state index contributed by atoms with van der Waals surface area (Å²) in [4.78, 5) is 26.2. The zero-order valence-corrected chi connectivity index (χ0v) is 17.3. The fourth-order valence-corrected chi connectivity index (χ4v) is 3.81. The molecule has 1 saturated heterocycles. The van der Waals surface area contributed by atoms with Crippen LogP contribution in [0.2, 0.25) is 0 Å². The first-order valence-corrected chi connectivity index (χ1v) is 10.3. The molecule has 0 unspecified atom stereocenters. The summed E-state index contributed by atoms with van der Waals surface area (Å²) in [7, 11) is 0. The summed E-state index contributed by atoms with van der Waals surface area (Å²) >= 11 is 1.36. The van der Waals surface area contributed by atoms with E-state index in [-0.39, 0.29) is 17.9 Å². The number of anilines is 1. The largest absolute Gasteiger partial charge is 0.444 e. The van der Waals surface area contributed by atoms with Crippen molar-refractivity contribution in [1.82, 2.24) is 15.1 Å². The van der Waals surface area contributed by atoms with Crippen LogP contribution in [-0.2, 0) is 9.53 Å². The van der Waals surface area contributed by atoms with E-state index < -0.39 is 5.60 Å². The molecule has 1 aliphatic rings. The number of piperidine rings is 1. The Morgan fingerprint density at radius 2 is 1.86 bits per heavy atom. The topological polar surface area (TPSA) is 84.4 Å². The molecule has 3 rings (SSSR count). The molecule has 150 valence electrons. The van der Waals surface area contributed by atoms with Crippen LogP contribution in [-0.4, -0.2) is 45.8 Å². The van der Waals surface area contributed by atoms with Crippen LogP contribution in [0, 0.1) is 5.92 Å². The van der Waals surface area contributed by atoms with Crippen LogP contribution in [0.1, 0.15) is 40.0 Å². The fourth-order valence-electron chi connectivity index (χ4n) is 3.05. The molecule has 1 aliphatic heterocycles. The van der Waals surface area contributed by atoms with Crippen LogP contribution in [0.3, 0.4) is 0 Å². The van der Waals surface area contributed by atoms with Crippen LogP contribution in [0.15, 0.2) is 30.3 Å². The second-order valence-corrected chi connectivity index (χ2v) is 8.92. The molecule has 7 nitrogen and oxygen atoms in total. The first-order chi connectivity index (χ1) is 13.3. The Labute approximate surface area is 169 Å². The summed E-state index contributed by atoms with van der Waals surface area (Å²) in [5, 5.41) is 12.3. The average molecular weight is 403 g/mol. The third-order valence-electron chi connectivity index (χ3n) is 4.43. The van der Waals surface area contributed by atoms with Crippen molar-refractivity contribution in [2.75, 3.05) is 18.4 Å². The van der Waals surface area contributed by atoms with Gasteiger partial charge in [-0.1, -0.05) is 41.7 Å². The summed E-state index contributed by atoms with van der Waals surface area (Å²) in [5.74, 6) is 0.187. The summed E-state index contributed by atoms with van der Waals surface area (Å²) in [6, 6.07) is 9.76. The molecule has 8 heteroatoms. The van der Waals surface area contributed by atoms with E-state index in [1.807, 2.05) is 51.1 Å². The maximum atomic E-state index is 12.4. The predicted octanol–water partition coefficient (Wildman–Crippen LogP) is 4.18. The van der Waals surface area contributed by atoms with E-state index in [0.29, 0.717) is 24.6 Å². The molecule has 0 spiro atoms. The van der Waals surface area contributed by atoms with Crippen molar-refractivity contribution >= 4 is 28.5 Å². The summed E-state index contributed by atoms with van der Waals surface area (Å²) < 4.78 is 5.41. The van der Waals surface area contributed by atoms with Gasteiger partial charge in [0.05, 0.1) is 0 Å². The van der Waals surface area contributed by atoms with Crippen LogP contribution < -0.4 is 5.32 Å². The zero-order valence-electron chi connectivity index (χ0n) is 16.5. The molecule has 2 amide bonds. The molecule has 28 heavy (non-hydrogen) atoms. The van der Waals surface area contributed by atoms with Gasteiger partial charge in [-0.15, -0.1) is 10.2 Å². The van der Waals surface area contributed by atoms with E-state index in [0.717, 1.165) is 23.4 Å². The van der Waals surface area contributed by atoms with Crippen LogP contribution in [0.25, 0.3) is 10.6 Å². The minimum atomic E-state index is -0.492. The first kappa shape index (κ1) is 20.3. The Morgan fingerprint density at radius 3 is 2.50 bits per heavy atom. The van der Waals surface area contributed by atoms with Gasteiger partial charge in [0.2, 0.25) is 11.0 Å². The molecule has 0 bridgehead atoms. The van der Waals surface area contributed by atoms with Crippen molar-refractivity contribution in [3.8, 4) is 10.6 Å². The number of nitrogens with zero attached hydrogens (tertiary/aromatic N) is 3. The van der Waals surface area contributed by atoms with Gasteiger partial charge in [0.1, 0.15) is 10.6 Å². The Morgan fingerprint density at radius 1 is 1.18 bits per heavy atom. The number of benzene rings is 1. The SMILES string of the molecule is CC(C)(C)OC(=O)N1CCC(CC(=O)Nc2nnc(-c3ccccc3)s2)CC1. The van der Waals surface area contributed by atoms with Gasteiger partial charge in [0, 0.05) is 25.1 Å². The van der Waals surface area contributed by atoms with Gasteiger partial charge in [0.25, 0.3) is 0 Å². The lowest BCUT2D eigenvalue weighted by atomic mass is 9.93. The van der Waals surface area contributed by atoms with Gasteiger partial charge in [-0.25, -0.2) is 4.79 Å². The molecular weight excluding hydrogens is 376 g/mol. The van der Waals surface area contributed by atoms with Gasteiger partial charge >= 0.3 is 6.09 Å². The first-order valence-electron chi connectivity index (χ1n) is 9.47. The molecule has 2 aromatic rings. The van der Waals surface area contributed by atoms with Crippen LogP contribution in [0.5, 0.6) is 0 Å². The lowest BCUT2D eigenvalue weighted by molar-refractivity contribution is -0.117. The highest BCUT2D eigenvalue weighted by Gasteiger charge is 2.28. The second-order valence-electron chi connectivity index (χ2n) is 7.94. The lowest BCUT2D eigenvalue weighted by Gasteiger charge is -2.33. The highest BCUT2D eigenvalue weighted by atomic mass is 32.1. The molecular formula is C20H26N4O3S. The van der Waals surface area contributed by atoms with Crippen LogP contribution in [0.4, 0.5) is 9.93 Å². The molecule has 1 fully saturated rings. The van der Waals surface area contributed by atoms with E-state index in [4.69, 9.17) is 4.74 Å². The molecule has 0 atom stereocenters. The molecule has 0 radical (unpaired) electrons. The van der Waals surface area contributed by atoms with E-state index in [1.165, 1.54) is 11.3 Å². The van der Waals surface area contributed by atoms with E-state index in [1.54, 1.807) is 4.90 Å². The maximum absolute atomic E-state index is 12.4. The van der Waals surface area contributed by atoms with Gasteiger partial charge in [-0.3, -0.25) is 4.79 Å². The third kappa shape index (κ3) is 5.76. The molecule has 1 aromatic heterocycles. The van der Waals surface area contributed by atoms with Crippen LogP contribution >= 0.6 is 11.3 Å². The minimum Gasteiger partial charge on any atom is -0.444 e. The summed E-state index contributed by atoms with van der Waals surface area (Å²) in [6.45, 7) is 6.81. The Hall–Kier alpha value is -2.48. The van der Waals surface area contributed by atoms with E-state index in [9.17, 15) is 9.59 Å². The van der Waals surface area contributed by atoms with E-state index in [2.05, 4.69) is 15.5 Å². The highest BCUT2D eigenvalue weighted by Crippen LogP contribution is 2.27. The Bertz CT molecular complexity index is 808. The van der Waals surface area contributed by atoms with Gasteiger partial charge in [0.15, 0.2) is 0 Å². The van der Waals surface area contributed by atoms with Crippen molar-refractivity contribution in [2.24, 2.45) is 5.92 Å². The number of carbonyl (C=O) groups is 2. The highest BCUT2D eigenvalue weighted by molar-refractivity contribution is 7.18. The number of ether oxygens (including phenoxy) is 1. The number of likely N-dealkylation sites (tertiary alicyclic amines) is 1. The predicted molar refractivity (Wildman–Crippen MR) is 109 cm³/mol. The fraction of sp³-hybridized carbons (Fsp3) is 0.500.